The number of aromatic nitrogens is 1. The summed E-state index contributed by atoms with van der Waals surface area (Å²) in [6.45, 7) is 1.67. The molecule has 2 heterocycles. The number of primary amides is 1. The first kappa shape index (κ1) is 13.6. The van der Waals surface area contributed by atoms with E-state index in [0.717, 1.165) is 0 Å². The normalized spacial score (nSPS) is 22.3. The molecule has 0 unspecified atom stereocenters. The molecule has 2 N–H and O–H groups in total. The van der Waals surface area contributed by atoms with Crippen LogP contribution in [-0.4, -0.2) is 29.6 Å². The van der Waals surface area contributed by atoms with Crippen LogP contribution in [0.3, 0.4) is 0 Å². The molecule has 5 nitrogen and oxygen atoms in total. The molecule has 1 aliphatic heterocycles. The summed E-state index contributed by atoms with van der Waals surface area (Å²) in [4.78, 5) is 16.9. The van der Waals surface area contributed by atoms with Crippen LogP contribution in [0.1, 0.15) is 17.5 Å². The van der Waals surface area contributed by atoms with Gasteiger partial charge in [0.15, 0.2) is 0 Å². The molecule has 1 fully saturated rings. The summed E-state index contributed by atoms with van der Waals surface area (Å²) in [6.07, 6.45) is 0.238. The second-order valence-corrected chi connectivity index (χ2v) is 4.85. The molecule has 1 aromatic heterocycles. The van der Waals surface area contributed by atoms with Crippen molar-refractivity contribution in [3.63, 3.8) is 0 Å². The first-order chi connectivity index (χ1) is 8.95. The van der Waals surface area contributed by atoms with Gasteiger partial charge in [-0.05, 0) is 12.5 Å². The Kier molecular flexibility index (Phi) is 3.58. The minimum Gasteiger partial charge on any atom is -0.368 e. The maximum absolute atomic E-state index is 13.5. The first-order valence-electron chi connectivity index (χ1n) is 5.71. The number of carbonyl (C=O) groups is 1. The van der Waals surface area contributed by atoms with Crippen molar-refractivity contribution in [2.24, 2.45) is 5.73 Å². The zero-order chi connectivity index (χ0) is 14.2. The van der Waals surface area contributed by atoms with Crippen LogP contribution in [0.15, 0.2) is 6.20 Å². The molecule has 1 aromatic rings. The minimum atomic E-state index is -1.16. The number of amides is 1. The second-order valence-electron chi connectivity index (χ2n) is 4.45. The molecule has 19 heavy (non-hydrogen) atoms. The van der Waals surface area contributed by atoms with Gasteiger partial charge >= 0.3 is 0 Å². The average molecular weight is 283 g/mol. The third-order valence-corrected chi connectivity index (χ3v) is 3.60. The van der Waals surface area contributed by atoms with Gasteiger partial charge in [-0.25, -0.2) is 9.37 Å². The highest BCUT2D eigenvalue weighted by molar-refractivity contribution is 6.31. The summed E-state index contributed by atoms with van der Waals surface area (Å²) in [5.74, 6) is -0.369. The van der Waals surface area contributed by atoms with E-state index in [2.05, 4.69) is 4.98 Å². The van der Waals surface area contributed by atoms with Crippen LogP contribution in [0.2, 0.25) is 5.02 Å². The minimum absolute atomic E-state index is 0.00361. The fourth-order valence-electron chi connectivity index (χ4n) is 2.21. The number of nitriles is 1. The maximum Gasteiger partial charge on any atom is 0.240 e. The highest BCUT2D eigenvalue weighted by atomic mass is 35.5. The lowest BCUT2D eigenvalue weighted by Gasteiger charge is -2.24. The van der Waals surface area contributed by atoms with Crippen molar-refractivity contribution < 1.29 is 9.18 Å². The summed E-state index contributed by atoms with van der Waals surface area (Å²) in [6, 6.07) is 1.21. The summed E-state index contributed by atoms with van der Waals surface area (Å²) in [5.41, 5.74) is 6.06. The third kappa shape index (κ3) is 2.34. The van der Waals surface area contributed by atoms with E-state index in [1.807, 2.05) is 6.07 Å². The Morgan fingerprint density at radius 2 is 2.42 bits per heavy atom. The van der Waals surface area contributed by atoms with Crippen LogP contribution in [0.5, 0.6) is 0 Å². The Bertz CT molecular complexity index is 572. The molecule has 2 atom stereocenters. The van der Waals surface area contributed by atoms with Crippen molar-refractivity contribution in [1.29, 1.82) is 5.26 Å². The van der Waals surface area contributed by atoms with Gasteiger partial charge in [0, 0.05) is 12.6 Å². The largest absolute Gasteiger partial charge is 0.368 e. The number of anilines is 1. The Hall–Kier alpha value is -1.87. The number of rotatable bonds is 2. The molecule has 0 radical (unpaired) electrons. The predicted octanol–water partition coefficient (Wildman–Crippen LogP) is 1.32. The summed E-state index contributed by atoms with van der Waals surface area (Å²) in [7, 11) is 0. The quantitative estimate of drug-likeness (QED) is 0.887. The maximum atomic E-state index is 13.5. The van der Waals surface area contributed by atoms with Crippen molar-refractivity contribution >= 4 is 23.3 Å². The van der Waals surface area contributed by atoms with Gasteiger partial charge in [-0.15, -0.1) is 0 Å². The van der Waals surface area contributed by atoms with Gasteiger partial charge in [-0.2, -0.15) is 5.26 Å². The molecule has 100 valence electrons. The number of carbonyl (C=O) groups excluding carboxylic acids is 1. The predicted molar refractivity (Wildman–Crippen MR) is 68.5 cm³/mol. The zero-order valence-corrected chi connectivity index (χ0v) is 11.0. The van der Waals surface area contributed by atoms with Crippen molar-refractivity contribution in [1.82, 2.24) is 4.98 Å². The summed E-state index contributed by atoms with van der Waals surface area (Å²) in [5, 5.41) is 9.54. The number of pyridine rings is 1. The SMILES string of the molecule is Cc1c(Cl)cnc(N2C[C@H](F)C[C@H]2C(N)=O)c1C#N. The Labute approximate surface area is 114 Å². The van der Waals surface area contributed by atoms with Gasteiger partial charge in [0.25, 0.3) is 0 Å². The fraction of sp³-hybridized carbons (Fsp3) is 0.417. The molecular weight excluding hydrogens is 271 g/mol. The molecule has 7 heteroatoms. The van der Waals surface area contributed by atoms with Gasteiger partial charge in [-0.3, -0.25) is 4.79 Å². The van der Waals surface area contributed by atoms with Crippen LogP contribution in [0.4, 0.5) is 10.2 Å². The summed E-state index contributed by atoms with van der Waals surface area (Å²) < 4.78 is 13.5. The molecule has 0 bridgehead atoms. The number of hydrogen-bond acceptors (Lipinski definition) is 4. The van der Waals surface area contributed by atoms with Crippen LogP contribution in [0, 0.1) is 18.3 Å². The molecule has 2 rings (SSSR count). The van der Waals surface area contributed by atoms with E-state index < -0.39 is 18.1 Å². The fourth-order valence-corrected chi connectivity index (χ4v) is 2.35. The van der Waals surface area contributed by atoms with E-state index in [-0.39, 0.29) is 24.3 Å². The van der Waals surface area contributed by atoms with E-state index in [9.17, 15) is 14.4 Å². The van der Waals surface area contributed by atoms with Gasteiger partial charge in [0.05, 0.1) is 17.1 Å². The van der Waals surface area contributed by atoms with Gasteiger partial charge in [0.2, 0.25) is 5.91 Å². The number of alkyl halides is 1. The molecule has 1 saturated heterocycles. The highest BCUT2D eigenvalue weighted by Crippen LogP contribution is 2.31. The number of nitrogens with two attached hydrogens (primary N) is 1. The Balaban J connectivity index is 2.50. The molecule has 1 amide bonds. The first-order valence-corrected chi connectivity index (χ1v) is 6.08. The lowest BCUT2D eigenvalue weighted by Crippen LogP contribution is -2.41. The van der Waals surface area contributed by atoms with E-state index >= 15 is 0 Å². The number of hydrogen-bond donors (Lipinski definition) is 1. The van der Waals surface area contributed by atoms with Crippen LogP contribution in [0.25, 0.3) is 0 Å². The molecular formula is C12H12ClFN4O. The van der Waals surface area contributed by atoms with Gasteiger partial charge in [-0.1, -0.05) is 11.6 Å². The highest BCUT2D eigenvalue weighted by Gasteiger charge is 2.38. The van der Waals surface area contributed by atoms with Gasteiger partial charge in [0.1, 0.15) is 24.1 Å². The molecule has 0 saturated carbocycles. The second kappa shape index (κ2) is 5.02. The monoisotopic (exact) mass is 282 g/mol. The van der Waals surface area contributed by atoms with Crippen LogP contribution in [-0.2, 0) is 4.79 Å². The Morgan fingerprint density at radius 3 is 3.00 bits per heavy atom. The molecule has 0 spiro atoms. The van der Waals surface area contributed by atoms with E-state index in [1.165, 1.54) is 11.1 Å². The number of halogens is 2. The lowest BCUT2D eigenvalue weighted by atomic mass is 10.1. The molecule has 0 aromatic carbocycles. The molecule has 0 aliphatic carbocycles. The summed E-state index contributed by atoms with van der Waals surface area (Å²) >= 11 is 5.90. The standard InChI is InChI=1S/C12H12ClFN4O/c1-6-8(3-15)12(17-4-9(6)13)18-5-7(14)2-10(18)11(16)19/h4,7,10H,2,5H2,1H3,(H2,16,19)/t7-,10+/m1/s1. The van der Waals surface area contributed by atoms with Gasteiger partial charge < -0.3 is 10.6 Å². The van der Waals surface area contributed by atoms with E-state index in [0.29, 0.717) is 10.6 Å². The zero-order valence-electron chi connectivity index (χ0n) is 10.2. The van der Waals surface area contributed by atoms with Crippen molar-refractivity contribution in [2.45, 2.75) is 25.6 Å². The van der Waals surface area contributed by atoms with Crippen molar-refractivity contribution in [3.05, 3.63) is 22.3 Å². The van der Waals surface area contributed by atoms with Crippen LogP contribution >= 0.6 is 11.6 Å². The molecule has 1 aliphatic rings. The van der Waals surface area contributed by atoms with Crippen molar-refractivity contribution in [2.75, 3.05) is 11.4 Å². The van der Waals surface area contributed by atoms with Crippen LogP contribution < -0.4 is 10.6 Å². The van der Waals surface area contributed by atoms with E-state index in [1.54, 1.807) is 6.92 Å². The number of nitrogens with zero attached hydrogens (tertiary/aromatic N) is 3. The topological polar surface area (TPSA) is 83.0 Å². The van der Waals surface area contributed by atoms with Crippen molar-refractivity contribution in [3.8, 4) is 6.07 Å². The van der Waals surface area contributed by atoms with E-state index in [4.69, 9.17) is 17.3 Å². The smallest absolute Gasteiger partial charge is 0.240 e. The lowest BCUT2D eigenvalue weighted by molar-refractivity contribution is -0.119. The average Bonchev–Trinajstić information content (AvgIpc) is 2.74. The Morgan fingerprint density at radius 1 is 1.74 bits per heavy atom. The third-order valence-electron chi connectivity index (χ3n) is 3.22.